The first-order chi connectivity index (χ1) is 8.66. The predicted molar refractivity (Wildman–Crippen MR) is 70.5 cm³/mol. The van der Waals surface area contributed by atoms with Crippen molar-refractivity contribution in [3.8, 4) is 0 Å². The standard InChI is InChI=1S/C13H25N3O2/c1-11(2)10-15-4-6-16(7-5-15)13(17)12-9-14-3-8-18-12/h11-12,14H,3-10H2,1-2H3. The molecule has 2 rings (SSSR count). The number of rotatable bonds is 3. The fourth-order valence-corrected chi connectivity index (χ4v) is 2.59. The van der Waals surface area contributed by atoms with Crippen molar-refractivity contribution in [1.82, 2.24) is 15.1 Å². The second-order valence-corrected chi connectivity index (χ2v) is 5.58. The van der Waals surface area contributed by atoms with Crippen LogP contribution >= 0.6 is 0 Å². The Bertz CT molecular complexity index is 269. The Balaban J connectivity index is 1.76. The van der Waals surface area contributed by atoms with Gasteiger partial charge in [-0.2, -0.15) is 0 Å². The van der Waals surface area contributed by atoms with E-state index in [4.69, 9.17) is 4.74 Å². The predicted octanol–water partition coefficient (Wildman–Crippen LogP) is -0.225. The van der Waals surface area contributed by atoms with Crippen molar-refractivity contribution in [2.45, 2.75) is 20.0 Å². The minimum absolute atomic E-state index is 0.159. The number of ether oxygens (including phenoxy) is 1. The van der Waals surface area contributed by atoms with Gasteiger partial charge in [0.25, 0.3) is 5.91 Å². The van der Waals surface area contributed by atoms with Gasteiger partial charge in [-0.05, 0) is 5.92 Å². The number of hydrogen-bond donors (Lipinski definition) is 1. The van der Waals surface area contributed by atoms with Crippen LogP contribution in [0, 0.1) is 5.92 Å². The molecule has 1 atom stereocenters. The number of amides is 1. The van der Waals surface area contributed by atoms with E-state index < -0.39 is 0 Å². The summed E-state index contributed by atoms with van der Waals surface area (Å²) in [6, 6.07) is 0. The topological polar surface area (TPSA) is 44.8 Å². The van der Waals surface area contributed by atoms with Gasteiger partial charge in [0, 0.05) is 45.8 Å². The van der Waals surface area contributed by atoms with Crippen LogP contribution in [0.1, 0.15) is 13.8 Å². The molecule has 1 unspecified atom stereocenters. The van der Waals surface area contributed by atoms with Crippen molar-refractivity contribution < 1.29 is 9.53 Å². The number of piperazine rings is 1. The van der Waals surface area contributed by atoms with Gasteiger partial charge >= 0.3 is 0 Å². The van der Waals surface area contributed by atoms with E-state index >= 15 is 0 Å². The van der Waals surface area contributed by atoms with E-state index in [2.05, 4.69) is 24.1 Å². The minimum atomic E-state index is -0.268. The molecule has 2 aliphatic rings. The number of carbonyl (C=O) groups is 1. The second-order valence-electron chi connectivity index (χ2n) is 5.58. The van der Waals surface area contributed by atoms with E-state index in [1.165, 1.54) is 0 Å². The van der Waals surface area contributed by atoms with Crippen LogP contribution in [0.3, 0.4) is 0 Å². The van der Waals surface area contributed by atoms with Crippen molar-refractivity contribution in [2.24, 2.45) is 5.92 Å². The molecule has 18 heavy (non-hydrogen) atoms. The van der Waals surface area contributed by atoms with Gasteiger partial charge < -0.3 is 15.0 Å². The average Bonchev–Trinajstić information content (AvgIpc) is 2.39. The van der Waals surface area contributed by atoms with Gasteiger partial charge in [-0.3, -0.25) is 9.69 Å². The molecule has 104 valence electrons. The van der Waals surface area contributed by atoms with Gasteiger partial charge in [0.05, 0.1) is 6.61 Å². The molecule has 5 nitrogen and oxygen atoms in total. The first-order valence-corrected chi connectivity index (χ1v) is 7.00. The van der Waals surface area contributed by atoms with Gasteiger partial charge in [-0.1, -0.05) is 13.8 Å². The molecular weight excluding hydrogens is 230 g/mol. The summed E-state index contributed by atoms with van der Waals surface area (Å²) in [6.07, 6.45) is -0.268. The molecule has 0 aromatic heterocycles. The molecule has 2 fully saturated rings. The van der Waals surface area contributed by atoms with Gasteiger partial charge in [0.15, 0.2) is 0 Å². The van der Waals surface area contributed by atoms with Gasteiger partial charge in [-0.15, -0.1) is 0 Å². The third-order valence-electron chi connectivity index (χ3n) is 3.51. The lowest BCUT2D eigenvalue weighted by Crippen LogP contribution is -2.55. The quantitative estimate of drug-likeness (QED) is 0.757. The molecule has 0 bridgehead atoms. The molecule has 0 spiro atoms. The second kappa shape index (κ2) is 6.50. The first kappa shape index (κ1) is 13.8. The van der Waals surface area contributed by atoms with Crippen molar-refractivity contribution in [3.05, 3.63) is 0 Å². The maximum atomic E-state index is 12.2. The lowest BCUT2D eigenvalue weighted by molar-refractivity contribution is -0.147. The average molecular weight is 255 g/mol. The summed E-state index contributed by atoms with van der Waals surface area (Å²) in [5, 5.41) is 3.21. The Hall–Kier alpha value is -0.650. The van der Waals surface area contributed by atoms with Gasteiger partial charge in [0.1, 0.15) is 6.10 Å². The number of carbonyl (C=O) groups excluding carboxylic acids is 1. The van der Waals surface area contributed by atoms with Gasteiger partial charge in [0.2, 0.25) is 0 Å². The van der Waals surface area contributed by atoms with Crippen LogP contribution in [0.2, 0.25) is 0 Å². The summed E-state index contributed by atoms with van der Waals surface area (Å²) in [4.78, 5) is 16.6. The first-order valence-electron chi connectivity index (χ1n) is 7.00. The molecular formula is C13H25N3O2. The molecule has 5 heteroatoms. The van der Waals surface area contributed by atoms with Crippen molar-refractivity contribution >= 4 is 5.91 Å². The zero-order valence-electron chi connectivity index (χ0n) is 11.5. The number of nitrogens with one attached hydrogen (secondary N) is 1. The molecule has 2 heterocycles. The fraction of sp³-hybridized carbons (Fsp3) is 0.923. The lowest BCUT2D eigenvalue weighted by atomic mass is 10.2. The van der Waals surface area contributed by atoms with Gasteiger partial charge in [-0.25, -0.2) is 0 Å². The molecule has 0 aromatic rings. The number of nitrogens with zero attached hydrogens (tertiary/aromatic N) is 2. The highest BCUT2D eigenvalue weighted by Crippen LogP contribution is 2.08. The van der Waals surface area contributed by atoms with Crippen LogP contribution in [0.4, 0.5) is 0 Å². The van der Waals surface area contributed by atoms with Crippen LogP contribution in [0.15, 0.2) is 0 Å². The fourth-order valence-electron chi connectivity index (χ4n) is 2.59. The molecule has 2 aliphatic heterocycles. The third-order valence-corrected chi connectivity index (χ3v) is 3.51. The molecule has 1 N–H and O–H groups in total. The Morgan fingerprint density at radius 2 is 2.06 bits per heavy atom. The van der Waals surface area contributed by atoms with E-state index in [-0.39, 0.29) is 12.0 Å². The highest BCUT2D eigenvalue weighted by Gasteiger charge is 2.29. The van der Waals surface area contributed by atoms with Crippen molar-refractivity contribution in [3.63, 3.8) is 0 Å². The van der Waals surface area contributed by atoms with Crippen LogP contribution in [-0.4, -0.2) is 74.2 Å². The lowest BCUT2D eigenvalue weighted by Gasteiger charge is -2.37. The van der Waals surface area contributed by atoms with Crippen LogP contribution in [0.5, 0.6) is 0 Å². The third kappa shape index (κ3) is 3.67. The summed E-state index contributed by atoms with van der Waals surface area (Å²) in [6.45, 7) is 11.4. The zero-order valence-corrected chi connectivity index (χ0v) is 11.5. The molecule has 0 radical (unpaired) electrons. The maximum Gasteiger partial charge on any atom is 0.253 e. The normalized spacial score (nSPS) is 26.6. The van der Waals surface area contributed by atoms with Crippen molar-refractivity contribution in [2.75, 3.05) is 52.4 Å². The Kier molecular flexibility index (Phi) is 4.97. The van der Waals surface area contributed by atoms with E-state index in [1.807, 2.05) is 4.90 Å². The molecule has 2 saturated heterocycles. The monoisotopic (exact) mass is 255 g/mol. The molecule has 0 aliphatic carbocycles. The SMILES string of the molecule is CC(C)CN1CCN(C(=O)C2CNCCO2)CC1. The van der Waals surface area contributed by atoms with E-state index in [0.29, 0.717) is 19.1 Å². The summed E-state index contributed by atoms with van der Waals surface area (Å²) in [7, 11) is 0. The van der Waals surface area contributed by atoms with Crippen LogP contribution in [0.25, 0.3) is 0 Å². The number of hydrogen-bond acceptors (Lipinski definition) is 4. The number of morpholine rings is 1. The van der Waals surface area contributed by atoms with Crippen LogP contribution < -0.4 is 5.32 Å². The molecule has 0 aromatic carbocycles. The molecule has 0 saturated carbocycles. The van der Waals surface area contributed by atoms with Crippen LogP contribution in [-0.2, 0) is 9.53 Å². The maximum absolute atomic E-state index is 12.2. The summed E-state index contributed by atoms with van der Waals surface area (Å²) >= 11 is 0. The highest BCUT2D eigenvalue weighted by atomic mass is 16.5. The Labute approximate surface area is 109 Å². The largest absolute Gasteiger partial charge is 0.366 e. The molecule has 1 amide bonds. The van der Waals surface area contributed by atoms with Crippen molar-refractivity contribution in [1.29, 1.82) is 0 Å². The Morgan fingerprint density at radius 1 is 1.33 bits per heavy atom. The summed E-state index contributed by atoms with van der Waals surface area (Å²) < 4.78 is 5.52. The van der Waals surface area contributed by atoms with E-state index in [0.717, 1.165) is 39.3 Å². The van der Waals surface area contributed by atoms with E-state index in [1.54, 1.807) is 0 Å². The summed E-state index contributed by atoms with van der Waals surface area (Å²) in [5.41, 5.74) is 0. The Morgan fingerprint density at radius 3 is 2.61 bits per heavy atom. The summed E-state index contributed by atoms with van der Waals surface area (Å²) in [5.74, 6) is 0.851. The smallest absolute Gasteiger partial charge is 0.253 e. The van der Waals surface area contributed by atoms with E-state index in [9.17, 15) is 4.79 Å². The highest BCUT2D eigenvalue weighted by molar-refractivity contribution is 5.81. The zero-order chi connectivity index (χ0) is 13.0. The minimum Gasteiger partial charge on any atom is -0.366 e.